The highest BCUT2D eigenvalue weighted by Gasteiger charge is 2.11. The lowest BCUT2D eigenvalue weighted by Gasteiger charge is -2.06. The van der Waals surface area contributed by atoms with Crippen LogP contribution in [0.15, 0.2) is 36.4 Å². The molecule has 2 aromatic carbocycles. The van der Waals surface area contributed by atoms with Gasteiger partial charge in [0.05, 0.1) is 5.56 Å². The molecule has 0 unspecified atom stereocenters. The van der Waals surface area contributed by atoms with Crippen LogP contribution in [0.1, 0.15) is 15.9 Å². The number of aromatic carboxylic acids is 1. The number of phenolic OH excluding ortho intramolecular Hbond substituents is 1. The van der Waals surface area contributed by atoms with Crippen LogP contribution in [-0.2, 0) is 0 Å². The molecule has 3 nitrogen and oxygen atoms in total. The minimum absolute atomic E-state index is 0.0905. The SMILES string of the molecule is Cc1cc(O)cc(-c2ccc(C(=O)O)c(F)c2)c1. The van der Waals surface area contributed by atoms with Crippen molar-refractivity contribution in [3.63, 3.8) is 0 Å². The molecule has 0 saturated heterocycles. The number of aromatic hydroxyl groups is 1. The van der Waals surface area contributed by atoms with E-state index in [0.717, 1.165) is 11.6 Å². The van der Waals surface area contributed by atoms with Crippen LogP contribution in [0.2, 0.25) is 0 Å². The van der Waals surface area contributed by atoms with Crippen LogP contribution in [-0.4, -0.2) is 16.2 Å². The molecule has 0 aliphatic carbocycles. The third-order valence-corrected chi connectivity index (χ3v) is 2.59. The summed E-state index contributed by atoms with van der Waals surface area (Å²) in [7, 11) is 0. The predicted octanol–water partition coefficient (Wildman–Crippen LogP) is 3.20. The van der Waals surface area contributed by atoms with Crippen molar-refractivity contribution in [1.29, 1.82) is 0 Å². The average Bonchev–Trinajstić information content (AvgIpc) is 2.26. The summed E-state index contributed by atoms with van der Waals surface area (Å²) in [5, 5.41) is 18.2. The van der Waals surface area contributed by atoms with Gasteiger partial charge < -0.3 is 10.2 Å². The van der Waals surface area contributed by atoms with Crippen molar-refractivity contribution in [2.45, 2.75) is 6.92 Å². The first-order chi connectivity index (χ1) is 8.47. The predicted molar refractivity (Wildman–Crippen MR) is 65.2 cm³/mol. The van der Waals surface area contributed by atoms with Crippen molar-refractivity contribution in [2.24, 2.45) is 0 Å². The van der Waals surface area contributed by atoms with Crippen LogP contribution >= 0.6 is 0 Å². The summed E-state index contributed by atoms with van der Waals surface area (Å²) in [5.74, 6) is -2.00. The Labute approximate surface area is 103 Å². The molecule has 2 N–H and O–H groups in total. The molecule has 0 atom stereocenters. The van der Waals surface area contributed by atoms with Crippen LogP contribution in [0.5, 0.6) is 5.75 Å². The number of aryl methyl sites for hydroxylation is 1. The van der Waals surface area contributed by atoms with Gasteiger partial charge in [-0.1, -0.05) is 12.1 Å². The highest BCUT2D eigenvalue weighted by atomic mass is 19.1. The molecule has 0 radical (unpaired) electrons. The normalized spacial score (nSPS) is 10.3. The van der Waals surface area contributed by atoms with E-state index in [4.69, 9.17) is 5.11 Å². The molecule has 0 heterocycles. The van der Waals surface area contributed by atoms with E-state index in [2.05, 4.69) is 0 Å². The van der Waals surface area contributed by atoms with Crippen LogP contribution in [0.4, 0.5) is 4.39 Å². The number of carboxylic acid groups (broad SMARTS) is 1. The van der Waals surface area contributed by atoms with Crippen molar-refractivity contribution >= 4 is 5.97 Å². The average molecular weight is 246 g/mol. The van der Waals surface area contributed by atoms with Crippen LogP contribution in [0, 0.1) is 12.7 Å². The fourth-order valence-electron chi connectivity index (χ4n) is 1.80. The van der Waals surface area contributed by atoms with Gasteiger partial charge in [-0.2, -0.15) is 0 Å². The summed E-state index contributed by atoms with van der Waals surface area (Å²) >= 11 is 0. The van der Waals surface area contributed by atoms with Gasteiger partial charge in [-0.05, 0) is 47.9 Å². The van der Waals surface area contributed by atoms with Gasteiger partial charge in [-0.15, -0.1) is 0 Å². The molecule has 0 aromatic heterocycles. The summed E-state index contributed by atoms with van der Waals surface area (Å²) in [6.07, 6.45) is 0. The van der Waals surface area contributed by atoms with E-state index in [9.17, 15) is 14.3 Å². The maximum atomic E-state index is 13.5. The molecule has 0 saturated carbocycles. The number of benzene rings is 2. The van der Waals surface area contributed by atoms with E-state index in [1.807, 2.05) is 6.92 Å². The Bertz CT molecular complexity index is 600. The van der Waals surface area contributed by atoms with E-state index < -0.39 is 11.8 Å². The molecule has 0 aliphatic heterocycles. The molecule has 4 heteroatoms. The highest BCUT2D eigenvalue weighted by molar-refractivity contribution is 5.88. The Hall–Kier alpha value is -2.36. The second kappa shape index (κ2) is 4.49. The van der Waals surface area contributed by atoms with Gasteiger partial charge in [0, 0.05) is 0 Å². The van der Waals surface area contributed by atoms with E-state index in [1.54, 1.807) is 12.1 Å². The first-order valence-corrected chi connectivity index (χ1v) is 5.31. The van der Waals surface area contributed by atoms with Crippen molar-refractivity contribution in [2.75, 3.05) is 0 Å². The van der Waals surface area contributed by atoms with Gasteiger partial charge >= 0.3 is 5.97 Å². The lowest BCUT2D eigenvalue weighted by molar-refractivity contribution is 0.0692. The Kier molecular flexibility index (Phi) is 3.02. The Morgan fingerprint density at radius 3 is 2.39 bits per heavy atom. The number of hydrogen-bond acceptors (Lipinski definition) is 2. The number of rotatable bonds is 2. The van der Waals surface area contributed by atoms with E-state index in [1.165, 1.54) is 18.2 Å². The van der Waals surface area contributed by atoms with Crippen molar-refractivity contribution in [1.82, 2.24) is 0 Å². The summed E-state index contributed by atoms with van der Waals surface area (Å²) in [5.41, 5.74) is 1.64. The summed E-state index contributed by atoms with van der Waals surface area (Å²) in [6.45, 7) is 1.81. The molecule has 92 valence electrons. The van der Waals surface area contributed by atoms with E-state index in [0.29, 0.717) is 11.1 Å². The molecule has 0 aliphatic rings. The molecular weight excluding hydrogens is 235 g/mol. The smallest absolute Gasteiger partial charge is 0.338 e. The maximum absolute atomic E-state index is 13.5. The van der Waals surface area contributed by atoms with Crippen LogP contribution < -0.4 is 0 Å². The van der Waals surface area contributed by atoms with Crippen LogP contribution in [0.25, 0.3) is 11.1 Å². The number of carbonyl (C=O) groups is 1. The zero-order valence-corrected chi connectivity index (χ0v) is 9.64. The van der Waals surface area contributed by atoms with Gasteiger partial charge in [0.2, 0.25) is 0 Å². The molecule has 18 heavy (non-hydrogen) atoms. The molecular formula is C14H11FO3. The van der Waals surface area contributed by atoms with Gasteiger partial charge in [0.15, 0.2) is 0 Å². The number of phenols is 1. The maximum Gasteiger partial charge on any atom is 0.338 e. The molecule has 0 bridgehead atoms. The molecule has 0 spiro atoms. The zero-order chi connectivity index (χ0) is 13.3. The van der Waals surface area contributed by atoms with Gasteiger partial charge in [0.1, 0.15) is 11.6 Å². The van der Waals surface area contributed by atoms with E-state index >= 15 is 0 Å². The standard InChI is InChI=1S/C14H11FO3/c1-8-4-10(6-11(16)5-8)9-2-3-12(14(17)18)13(15)7-9/h2-7,16H,1H3,(H,17,18). The first-order valence-electron chi connectivity index (χ1n) is 5.31. The highest BCUT2D eigenvalue weighted by Crippen LogP contribution is 2.26. The van der Waals surface area contributed by atoms with Crippen molar-refractivity contribution in [3.05, 3.63) is 53.3 Å². The third kappa shape index (κ3) is 2.32. The summed E-state index contributed by atoms with van der Waals surface area (Å²) in [6, 6.07) is 8.76. The Morgan fingerprint density at radius 1 is 1.11 bits per heavy atom. The van der Waals surface area contributed by atoms with Crippen molar-refractivity contribution in [3.8, 4) is 16.9 Å². The lowest BCUT2D eigenvalue weighted by atomic mass is 10.0. The molecule has 0 fully saturated rings. The van der Waals surface area contributed by atoms with E-state index in [-0.39, 0.29) is 11.3 Å². The lowest BCUT2D eigenvalue weighted by Crippen LogP contribution is -2.00. The van der Waals surface area contributed by atoms with Gasteiger partial charge in [-0.3, -0.25) is 0 Å². The fourth-order valence-corrected chi connectivity index (χ4v) is 1.80. The minimum Gasteiger partial charge on any atom is -0.508 e. The quantitative estimate of drug-likeness (QED) is 0.855. The third-order valence-electron chi connectivity index (χ3n) is 2.59. The van der Waals surface area contributed by atoms with Gasteiger partial charge in [0.25, 0.3) is 0 Å². The zero-order valence-electron chi connectivity index (χ0n) is 9.64. The minimum atomic E-state index is -1.30. The largest absolute Gasteiger partial charge is 0.508 e. The summed E-state index contributed by atoms with van der Waals surface area (Å²) < 4.78 is 13.5. The first kappa shape index (κ1) is 12.1. The molecule has 2 rings (SSSR count). The monoisotopic (exact) mass is 246 g/mol. The molecule has 0 amide bonds. The topological polar surface area (TPSA) is 57.5 Å². The second-order valence-electron chi connectivity index (χ2n) is 4.06. The van der Waals surface area contributed by atoms with Gasteiger partial charge in [-0.25, -0.2) is 9.18 Å². The fraction of sp³-hybridized carbons (Fsp3) is 0.0714. The Morgan fingerprint density at radius 2 is 1.83 bits per heavy atom. The van der Waals surface area contributed by atoms with Crippen molar-refractivity contribution < 1.29 is 19.4 Å². The number of halogens is 1. The van der Waals surface area contributed by atoms with Crippen LogP contribution in [0.3, 0.4) is 0 Å². The number of carboxylic acids is 1. The second-order valence-corrected chi connectivity index (χ2v) is 4.06. The summed E-state index contributed by atoms with van der Waals surface area (Å²) in [4.78, 5) is 10.7. The Balaban J connectivity index is 2.52. The number of hydrogen-bond donors (Lipinski definition) is 2. The molecule has 2 aromatic rings.